The van der Waals surface area contributed by atoms with Crippen LogP contribution in [0.15, 0.2) is 30.3 Å². The number of amides is 1. The van der Waals surface area contributed by atoms with E-state index < -0.39 is 10.0 Å². The van der Waals surface area contributed by atoms with Crippen LogP contribution in [0.4, 0.5) is 5.69 Å². The second-order valence-electron chi connectivity index (χ2n) is 4.32. The van der Waals surface area contributed by atoms with Crippen molar-refractivity contribution in [3.63, 3.8) is 0 Å². The summed E-state index contributed by atoms with van der Waals surface area (Å²) in [5, 5.41) is 2.65. The number of para-hydroxylation sites is 1. The van der Waals surface area contributed by atoms with Gasteiger partial charge in [0.25, 0.3) is 0 Å². The highest BCUT2D eigenvalue weighted by Gasteiger charge is 2.22. The molecule has 100 valence electrons. The van der Waals surface area contributed by atoms with Gasteiger partial charge >= 0.3 is 0 Å². The summed E-state index contributed by atoms with van der Waals surface area (Å²) in [6.07, 6.45) is 1.10. The highest BCUT2D eigenvalue weighted by atomic mass is 32.2. The third-order valence-corrected chi connectivity index (χ3v) is 3.76. The summed E-state index contributed by atoms with van der Waals surface area (Å²) in [6, 6.07) is 8.68. The zero-order valence-electron chi connectivity index (χ0n) is 10.8. The minimum atomic E-state index is -3.38. The summed E-state index contributed by atoms with van der Waals surface area (Å²) in [7, 11) is -3.38. The summed E-state index contributed by atoms with van der Waals surface area (Å²) in [6.45, 7) is 3.29. The Kier molecular flexibility index (Phi) is 4.86. The molecule has 0 spiro atoms. The van der Waals surface area contributed by atoms with Gasteiger partial charge in [0.2, 0.25) is 15.9 Å². The number of nitrogens with zero attached hydrogens (tertiary/aromatic N) is 1. The van der Waals surface area contributed by atoms with Crippen molar-refractivity contribution in [2.24, 2.45) is 0 Å². The number of nitrogens with one attached hydrogen (secondary N) is 1. The number of rotatable bonds is 5. The molecule has 1 amide bonds. The van der Waals surface area contributed by atoms with Crippen molar-refractivity contribution in [1.29, 1.82) is 0 Å². The van der Waals surface area contributed by atoms with Crippen molar-refractivity contribution in [3.8, 4) is 0 Å². The molecule has 0 radical (unpaired) electrons. The number of sulfonamides is 1. The zero-order valence-corrected chi connectivity index (χ0v) is 11.6. The molecule has 1 aromatic rings. The Balaban J connectivity index is 2.69. The molecular weight excluding hydrogens is 252 g/mol. The Hall–Kier alpha value is -1.40. The molecule has 0 atom stereocenters. The Morgan fingerprint density at radius 2 is 1.83 bits per heavy atom. The fourth-order valence-corrected chi connectivity index (χ4v) is 2.66. The van der Waals surface area contributed by atoms with Crippen LogP contribution in [0.5, 0.6) is 0 Å². The molecule has 0 fully saturated rings. The van der Waals surface area contributed by atoms with Crippen LogP contribution >= 0.6 is 0 Å². The molecular formula is C12H18N2O3S. The first-order valence-corrected chi connectivity index (χ1v) is 7.47. The SMILES string of the molecule is CC(C)N(CC(=O)Nc1ccccc1)S(C)(=O)=O. The lowest BCUT2D eigenvalue weighted by atomic mass is 10.3. The van der Waals surface area contributed by atoms with Gasteiger partial charge < -0.3 is 5.32 Å². The molecule has 0 unspecified atom stereocenters. The van der Waals surface area contributed by atoms with Gasteiger partial charge in [-0.3, -0.25) is 4.79 Å². The summed E-state index contributed by atoms with van der Waals surface area (Å²) in [4.78, 5) is 11.8. The average Bonchev–Trinajstić information content (AvgIpc) is 2.25. The molecule has 1 N–H and O–H groups in total. The number of benzene rings is 1. The maximum Gasteiger partial charge on any atom is 0.239 e. The summed E-state index contributed by atoms with van der Waals surface area (Å²) < 4.78 is 24.2. The van der Waals surface area contributed by atoms with Crippen LogP contribution in [0.2, 0.25) is 0 Å². The highest BCUT2D eigenvalue weighted by Crippen LogP contribution is 2.08. The van der Waals surface area contributed by atoms with E-state index in [-0.39, 0.29) is 18.5 Å². The molecule has 0 saturated heterocycles. The lowest BCUT2D eigenvalue weighted by Gasteiger charge is -2.23. The van der Waals surface area contributed by atoms with Crippen molar-refractivity contribution in [2.75, 3.05) is 18.1 Å². The Bertz CT molecular complexity index is 497. The van der Waals surface area contributed by atoms with Gasteiger partial charge in [-0.05, 0) is 26.0 Å². The number of carbonyl (C=O) groups is 1. The fraction of sp³-hybridized carbons (Fsp3) is 0.417. The van der Waals surface area contributed by atoms with Crippen LogP contribution < -0.4 is 5.32 Å². The second kappa shape index (κ2) is 5.97. The molecule has 0 aliphatic heterocycles. The summed E-state index contributed by atoms with van der Waals surface area (Å²) in [5.41, 5.74) is 0.653. The van der Waals surface area contributed by atoms with Crippen molar-refractivity contribution in [3.05, 3.63) is 30.3 Å². The molecule has 1 aromatic carbocycles. The van der Waals surface area contributed by atoms with Gasteiger partial charge in [0.05, 0.1) is 12.8 Å². The zero-order chi connectivity index (χ0) is 13.8. The topological polar surface area (TPSA) is 66.5 Å². The van der Waals surface area contributed by atoms with Crippen LogP contribution in [-0.2, 0) is 14.8 Å². The van der Waals surface area contributed by atoms with Gasteiger partial charge in [0.1, 0.15) is 0 Å². The van der Waals surface area contributed by atoms with Crippen LogP contribution in [0.1, 0.15) is 13.8 Å². The Morgan fingerprint density at radius 3 is 2.28 bits per heavy atom. The van der Waals surface area contributed by atoms with Crippen LogP contribution in [0, 0.1) is 0 Å². The van der Waals surface area contributed by atoms with Crippen molar-refractivity contribution in [2.45, 2.75) is 19.9 Å². The third-order valence-electron chi connectivity index (χ3n) is 2.36. The summed E-state index contributed by atoms with van der Waals surface area (Å²) >= 11 is 0. The quantitative estimate of drug-likeness (QED) is 0.877. The molecule has 6 heteroatoms. The minimum absolute atomic E-state index is 0.175. The third kappa shape index (κ3) is 4.46. The molecule has 0 aliphatic rings. The average molecular weight is 270 g/mol. The Morgan fingerprint density at radius 1 is 1.28 bits per heavy atom. The van der Waals surface area contributed by atoms with Gasteiger partial charge in [-0.15, -0.1) is 0 Å². The highest BCUT2D eigenvalue weighted by molar-refractivity contribution is 7.88. The number of hydrogen-bond acceptors (Lipinski definition) is 3. The summed E-state index contributed by atoms with van der Waals surface area (Å²) in [5.74, 6) is -0.347. The van der Waals surface area contributed by atoms with E-state index in [1.807, 2.05) is 6.07 Å². The van der Waals surface area contributed by atoms with E-state index in [2.05, 4.69) is 5.32 Å². The maximum atomic E-state index is 11.8. The molecule has 18 heavy (non-hydrogen) atoms. The van der Waals surface area contributed by atoms with Crippen LogP contribution in [-0.4, -0.2) is 37.5 Å². The van der Waals surface area contributed by atoms with Crippen LogP contribution in [0.25, 0.3) is 0 Å². The number of carbonyl (C=O) groups excluding carboxylic acids is 1. The number of hydrogen-bond donors (Lipinski definition) is 1. The van der Waals surface area contributed by atoms with Crippen LogP contribution in [0.3, 0.4) is 0 Å². The minimum Gasteiger partial charge on any atom is -0.325 e. The monoisotopic (exact) mass is 270 g/mol. The lowest BCUT2D eigenvalue weighted by molar-refractivity contribution is -0.116. The van der Waals surface area contributed by atoms with Crippen molar-refractivity contribution >= 4 is 21.6 Å². The normalized spacial score (nSPS) is 11.8. The van der Waals surface area contributed by atoms with Gasteiger partial charge in [-0.25, -0.2) is 8.42 Å². The van der Waals surface area contributed by atoms with Gasteiger partial charge in [0, 0.05) is 11.7 Å². The molecule has 5 nitrogen and oxygen atoms in total. The predicted octanol–water partition coefficient (Wildman–Crippen LogP) is 1.30. The van der Waals surface area contributed by atoms with Crippen molar-refractivity contribution < 1.29 is 13.2 Å². The predicted molar refractivity (Wildman–Crippen MR) is 71.8 cm³/mol. The van der Waals surface area contributed by atoms with E-state index in [0.717, 1.165) is 10.6 Å². The van der Waals surface area contributed by atoms with E-state index in [4.69, 9.17) is 0 Å². The second-order valence-corrected chi connectivity index (χ2v) is 6.25. The first-order valence-electron chi connectivity index (χ1n) is 5.62. The number of anilines is 1. The first-order chi connectivity index (χ1) is 8.30. The molecule has 0 heterocycles. The van der Waals surface area contributed by atoms with Gasteiger partial charge in [-0.1, -0.05) is 18.2 Å². The molecule has 0 aromatic heterocycles. The van der Waals surface area contributed by atoms with E-state index in [1.54, 1.807) is 38.1 Å². The first kappa shape index (κ1) is 14.7. The van der Waals surface area contributed by atoms with Crippen molar-refractivity contribution in [1.82, 2.24) is 4.31 Å². The molecule has 0 aliphatic carbocycles. The standard InChI is InChI=1S/C12H18N2O3S/c1-10(2)14(18(3,16)17)9-12(15)13-11-7-5-4-6-8-11/h4-8,10H,9H2,1-3H3,(H,13,15). The maximum absolute atomic E-state index is 11.8. The Labute approximate surface area is 108 Å². The van der Waals surface area contributed by atoms with E-state index in [1.165, 1.54) is 0 Å². The lowest BCUT2D eigenvalue weighted by Crippen LogP contribution is -2.41. The smallest absolute Gasteiger partial charge is 0.239 e. The largest absolute Gasteiger partial charge is 0.325 e. The van der Waals surface area contributed by atoms with E-state index in [0.29, 0.717) is 5.69 Å². The fourth-order valence-electron chi connectivity index (χ4n) is 1.55. The van der Waals surface area contributed by atoms with Gasteiger partial charge in [0.15, 0.2) is 0 Å². The molecule has 0 bridgehead atoms. The van der Waals surface area contributed by atoms with E-state index in [9.17, 15) is 13.2 Å². The molecule has 0 saturated carbocycles. The molecule has 1 rings (SSSR count). The van der Waals surface area contributed by atoms with E-state index >= 15 is 0 Å². The van der Waals surface area contributed by atoms with Gasteiger partial charge in [-0.2, -0.15) is 4.31 Å².